The van der Waals surface area contributed by atoms with Crippen molar-refractivity contribution in [1.29, 1.82) is 0 Å². The molecule has 0 saturated carbocycles. The predicted octanol–water partition coefficient (Wildman–Crippen LogP) is 3.25. The van der Waals surface area contributed by atoms with Crippen molar-refractivity contribution in [3.05, 3.63) is 52.9 Å². The highest BCUT2D eigenvalue weighted by atomic mass is 35.5. The highest BCUT2D eigenvalue weighted by molar-refractivity contribution is 6.31. The number of rotatable bonds is 7. The number of nitrogens with zero attached hydrogens (tertiary/aromatic N) is 2. The maximum Gasteiger partial charge on any atom is 0.232 e. The van der Waals surface area contributed by atoms with Crippen molar-refractivity contribution < 1.29 is 4.74 Å². The molecule has 0 atom stereocenters. The monoisotopic (exact) mass is 305 g/mol. The van der Waals surface area contributed by atoms with Gasteiger partial charge in [0.15, 0.2) is 0 Å². The molecule has 0 fully saturated rings. The standard InChI is InChI=1S/C16H20ClN3O/c1-12(2)19-10-13-9-15(17)16(20-11-13)21-8-6-14-5-3-4-7-18-14/h3-5,7,9,11-12,19H,6,8,10H2,1-2H3. The van der Waals surface area contributed by atoms with Crippen LogP contribution < -0.4 is 10.1 Å². The molecule has 0 amide bonds. The van der Waals surface area contributed by atoms with E-state index in [-0.39, 0.29) is 0 Å². The molecule has 0 unspecified atom stereocenters. The number of aromatic nitrogens is 2. The highest BCUT2D eigenvalue weighted by Crippen LogP contribution is 2.22. The Kier molecular flexibility index (Phi) is 5.96. The van der Waals surface area contributed by atoms with Crippen molar-refractivity contribution in [2.75, 3.05) is 6.61 Å². The Labute approximate surface area is 130 Å². The summed E-state index contributed by atoms with van der Waals surface area (Å²) < 4.78 is 5.62. The fourth-order valence-corrected chi connectivity index (χ4v) is 2.03. The summed E-state index contributed by atoms with van der Waals surface area (Å²) in [5.74, 6) is 0.473. The molecule has 0 aliphatic carbocycles. The summed E-state index contributed by atoms with van der Waals surface area (Å²) in [5, 5.41) is 3.87. The van der Waals surface area contributed by atoms with Gasteiger partial charge < -0.3 is 10.1 Å². The zero-order valence-electron chi connectivity index (χ0n) is 12.3. The van der Waals surface area contributed by atoms with Gasteiger partial charge in [0.2, 0.25) is 5.88 Å². The van der Waals surface area contributed by atoms with Crippen LogP contribution in [0.1, 0.15) is 25.1 Å². The van der Waals surface area contributed by atoms with Gasteiger partial charge in [-0.3, -0.25) is 4.98 Å². The molecule has 2 heterocycles. The minimum absolute atomic E-state index is 0.429. The van der Waals surface area contributed by atoms with Crippen LogP contribution in [0.5, 0.6) is 5.88 Å². The first-order valence-electron chi connectivity index (χ1n) is 7.05. The first kappa shape index (κ1) is 15.7. The number of nitrogens with one attached hydrogen (secondary N) is 1. The number of hydrogen-bond acceptors (Lipinski definition) is 4. The van der Waals surface area contributed by atoms with Crippen LogP contribution >= 0.6 is 11.6 Å². The average Bonchev–Trinajstić information content (AvgIpc) is 2.48. The first-order valence-corrected chi connectivity index (χ1v) is 7.43. The lowest BCUT2D eigenvalue weighted by atomic mass is 10.2. The number of pyridine rings is 2. The van der Waals surface area contributed by atoms with Crippen LogP contribution in [0.15, 0.2) is 36.7 Å². The van der Waals surface area contributed by atoms with Crippen LogP contribution in [0.25, 0.3) is 0 Å². The van der Waals surface area contributed by atoms with Crippen LogP contribution in [-0.4, -0.2) is 22.6 Å². The van der Waals surface area contributed by atoms with E-state index in [1.54, 1.807) is 12.4 Å². The number of hydrogen-bond donors (Lipinski definition) is 1. The van der Waals surface area contributed by atoms with Gasteiger partial charge in [-0.25, -0.2) is 4.98 Å². The lowest BCUT2D eigenvalue weighted by Crippen LogP contribution is -2.21. The molecule has 2 aromatic heterocycles. The summed E-state index contributed by atoms with van der Waals surface area (Å²) in [7, 11) is 0. The summed E-state index contributed by atoms with van der Waals surface area (Å²) in [6.45, 7) is 5.46. The maximum atomic E-state index is 6.20. The topological polar surface area (TPSA) is 47.0 Å². The normalized spacial score (nSPS) is 10.9. The van der Waals surface area contributed by atoms with Crippen LogP contribution in [0, 0.1) is 0 Å². The molecule has 112 valence electrons. The van der Waals surface area contributed by atoms with E-state index < -0.39 is 0 Å². The van der Waals surface area contributed by atoms with Gasteiger partial charge in [-0.1, -0.05) is 31.5 Å². The van der Waals surface area contributed by atoms with Gasteiger partial charge in [-0.2, -0.15) is 0 Å². The van der Waals surface area contributed by atoms with E-state index in [0.29, 0.717) is 23.6 Å². The predicted molar refractivity (Wildman–Crippen MR) is 84.7 cm³/mol. The minimum Gasteiger partial charge on any atom is -0.476 e. The van der Waals surface area contributed by atoms with Crippen LogP contribution in [0.2, 0.25) is 5.02 Å². The maximum absolute atomic E-state index is 6.20. The van der Waals surface area contributed by atoms with Gasteiger partial charge in [0, 0.05) is 37.1 Å². The third-order valence-corrected chi connectivity index (χ3v) is 3.17. The van der Waals surface area contributed by atoms with Crippen molar-refractivity contribution in [2.24, 2.45) is 0 Å². The first-order chi connectivity index (χ1) is 10.1. The molecule has 0 spiro atoms. The van der Waals surface area contributed by atoms with E-state index in [2.05, 4.69) is 29.1 Å². The van der Waals surface area contributed by atoms with Gasteiger partial charge in [0.05, 0.1) is 6.61 Å². The van der Waals surface area contributed by atoms with Crippen LogP contribution in [-0.2, 0) is 13.0 Å². The lowest BCUT2D eigenvalue weighted by molar-refractivity contribution is 0.308. The third-order valence-electron chi connectivity index (χ3n) is 2.90. The van der Waals surface area contributed by atoms with Crippen molar-refractivity contribution in [1.82, 2.24) is 15.3 Å². The Morgan fingerprint density at radius 1 is 1.29 bits per heavy atom. The fraction of sp³-hybridized carbons (Fsp3) is 0.375. The Bertz CT molecular complexity index is 561. The van der Waals surface area contributed by atoms with E-state index >= 15 is 0 Å². The number of ether oxygens (including phenoxy) is 1. The zero-order valence-corrected chi connectivity index (χ0v) is 13.1. The molecular weight excluding hydrogens is 286 g/mol. The van der Waals surface area contributed by atoms with E-state index in [4.69, 9.17) is 16.3 Å². The molecule has 21 heavy (non-hydrogen) atoms. The summed E-state index contributed by atoms with van der Waals surface area (Å²) in [4.78, 5) is 8.52. The van der Waals surface area contributed by atoms with E-state index in [1.165, 1.54) is 0 Å². The van der Waals surface area contributed by atoms with Crippen molar-refractivity contribution in [3.63, 3.8) is 0 Å². The molecule has 0 saturated heterocycles. The molecule has 0 radical (unpaired) electrons. The summed E-state index contributed by atoms with van der Waals surface area (Å²) in [6.07, 6.45) is 4.30. The SMILES string of the molecule is CC(C)NCc1cnc(OCCc2ccccn2)c(Cl)c1. The van der Waals surface area contributed by atoms with Crippen LogP contribution in [0.3, 0.4) is 0 Å². The second-order valence-corrected chi connectivity index (χ2v) is 5.49. The summed E-state index contributed by atoms with van der Waals surface area (Å²) >= 11 is 6.20. The van der Waals surface area contributed by atoms with Gasteiger partial charge in [0.1, 0.15) is 5.02 Å². The second-order valence-electron chi connectivity index (χ2n) is 5.09. The Morgan fingerprint density at radius 3 is 2.81 bits per heavy atom. The van der Waals surface area contributed by atoms with E-state index in [9.17, 15) is 0 Å². The average molecular weight is 306 g/mol. The molecule has 4 nitrogen and oxygen atoms in total. The second kappa shape index (κ2) is 7.96. The van der Waals surface area contributed by atoms with E-state index in [1.807, 2.05) is 24.3 Å². The number of halogens is 1. The Hall–Kier alpha value is -1.65. The van der Waals surface area contributed by atoms with Crippen molar-refractivity contribution >= 4 is 11.6 Å². The molecular formula is C16H20ClN3O. The molecule has 2 aromatic rings. The van der Waals surface area contributed by atoms with Gasteiger partial charge in [-0.05, 0) is 23.8 Å². The van der Waals surface area contributed by atoms with Gasteiger partial charge in [0.25, 0.3) is 0 Å². The Balaban J connectivity index is 1.86. The smallest absolute Gasteiger partial charge is 0.232 e. The summed E-state index contributed by atoms with van der Waals surface area (Å²) in [5.41, 5.74) is 2.04. The zero-order chi connectivity index (χ0) is 15.1. The van der Waals surface area contributed by atoms with Crippen molar-refractivity contribution in [2.45, 2.75) is 32.9 Å². The molecule has 0 aromatic carbocycles. The molecule has 0 aliphatic heterocycles. The van der Waals surface area contributed by atoms with Crippen LogP contribution in [0.4, 0.5) is 0 Å². The minimum atomic E-state index is 0.429. The fourth-order valence-electron chi connectivity index (χ4n) is 1.79. The summed E-state index contributed by atoms with van der Waals surface area (Å²) in [6, 6.07) is 8.15. The quantitative estimate of drug-likeness (QED) is 0.853. The molecule has 0 aliphatic rings. The molecule has 2 rings (SSSR count). The molecule has 0 bridgehead atoms. The highest BCUT2D eigenvalue weighted by Gasteiger charge is 2.06. The van der Waals surface area contributed by atoms with E-state index in [0.717, 1.165) is 24.2 Å². The molecule has 1 N–H and O–H groups in total. The molecule has 5 heteroatoms. The van der Waals surface area contributed by atoms with Crippen molar-refractivity contribution in [3.8, 4) is 5.88 Å². The van der Waals surface area contributed by atoms with Gasteiger partial charge in [-0.15, -0.1) is 0 Å². The largest absolute Gasteiger partial charge is 0.476 e. The Morgan fingerprint density at radius 2 is 2.14 bits per heavy atom. The lowest BCUT2D eigenvalue weighted by Gasteiger charge is -2.10. The third kappa shape index (κ3) is 5.33. The van der Waals surface area contributed by atoms with Gasteiger partial charge >= 0.3 is 0 Å².